The van der Waals surface area contributed by atoms with Crippen LogP contribution in [0.15, 0.2) is 36.4 Å². The van der Waals surface area contributed by atoms with E-state index in [9.17, 15) is 9.59 Å². The lowest BCUT2D eigenvalue weighted by molar-refractivity contribution is -0.178. The normalized spacial score (nSPS) is 22.5. The van der Waals surface area contributed by atoms with E-state index < -0.39 is 30.4 Å². The second-order valence-corrected chi connectivity index (χ2v) is 5.10. The van der Waals surface area contributed by atoms with Gasteiger partial charge >= 0.3 is 11.9 Å². The Morgan fingerprint density at radius 3 is 2.29 bits per heavy atom. The van der Waals surface area contributed by atoms with Crippen LogP contribution in [-0.2, 0) is 23.8 Å². The first-order valence-electron chi connectivity index (χ1n) is 7.43. The summed E-state index contributed by atoms with van der Waals surface area (Å²) < 4.78 is 26.6. The Balaban J connectivity index is 2.02. The number of carbonyl (C=O) groups excluding carboxylic acids is 2. The van der Waals surface area contributed by atoms with E-state index in [0.29, 0.717) is 11.5 Å². The van der Waals surface area contributed by atoms with Gasteiger partial charge in [0.1, 0.15) is 30.3 Å². The molecule has 0 spiro atoms. The van der Waals surface area contributed by atoms with Gasteiger partial charge in [0.15, 0.2) is 0 Å². The summed E-state index contributed by atoms with van der Waals surface area (Å²) in [6, 6.07) is 7.02. The maximum Gasteiger partial charge on any atom is 0.303 e. The molecule has 1 aliphatic heterocycles. The summed E-state index contributed by atoms with van der Waals surface area (Å²) in [6.07, 6.45) is 1.32. The van der Waals surface area contributed by atoms with Crippen molar-refractivity contribution in [3.63, 3.8) is 0 Å². The zero-order valence-corrected chi connectivity index (χ0v) is 13.8. The van der Waals surface area contributed by atoms with Gasteiger partial charge in [0.05, 0.1) is 7.11 Å². The summed E-state index contributed by atoms with van der Waals surface area (Å²) in [6.45, 7) is 2.56. The van der Waals surface area contributed by atoms with Gasteiger partial charge in [0.2, 0.25) is 6.29 Å². The number of methoxy groups -OCH3 is 1. The van der Waals surface area contributed by atoms with Crippen LogP contribution in [0.3, 0.4) is 0 Å². The Kier molecular flexibility index (Phi) is 6.20. The molecule has 1 heterocycles. The summed E-state index contributed by atoms with van der Waals surface area (Å²) in [5.41, 5.74) is 0. The number of carbonyl (C=O) groups is 2. The average molecular weight is 336 g/mol. The lowest BCUT2D eigenvalue weighted by Crippen LogP contribution is -2.42. The van der Waals surface area contributed by atoms with Crippen LogP contribution in [0.1, 0.15) is 13.8 Å². The molecule has 1 aromatic carbocycles. The van der Waals surface area contributed by atoms with Crippen molar-refractivity contribution in [2.24, 2.45) is 0 Å². The van der Waals surface area contributed by atoms with Crippen LogP contribution in [0.2, 0.25) is 0 Å². The van der Waals surface area contributed by atoms with Gasteiger partial charge in [-0.3, -0.25) is 9.59 Å². The van der Waals surface area contributed by atoms with Crippen molar-refractivity contribution in [1.29, 1.82) is 0 Å². The maximum atomic E-state index is 11.2. The first kappa shape index (κ1) is 17.8. The fourth-order valence-electron chi connectivity index (χ4n) is 2.12. The Labute approximate surface area is 140 Å². The highest BCUT2D eigenvalue weighted by molar-refractivity contribution is 5.66. The van der Waals surface area contributed by atoms with Gasteiger partial charge < -0.3 is 23.7 Å². The average Bonchev–Trinajstić information content (AvgIpc) is 2.55. The topological polar surface area (TPSA) is 80.3 Å². The van der Waals surface area contributed by atoms with Crippen molar-refractivity contribution in [1.82, 2.24) is 0 Å². The monoisotopic (exact) mass is 336 g/mol. The van der Waals surface area contributed by atoms with E-state index in [-0.39, 0.29) is 6.61 Å². The van der Waals surface area contributed by atoms with E-state index >= 15 is 0 Å². The van der Waals surface area contributed by atoms with Crippen molar-refractivity contribution in [3.05, 3.63) is 36.4 Å². The third-order valence-corrected chi connectivity index (χ3v) is 3.20. The number of esters is 2. The van der Waals surface area contributed by atoms with Crippen molar-refractivity contribution < 1.29 is 33.3 Å². The molecule has 2 rings (SSSR count). The highest BCUT2D eigenvalue weighted by atomic mass is 16.7. The van der Waals surface area contributed by atoms with Crippen molar-refractivity contribution in [3.8, 4) is 11.5 Å². The maximum absolute atomic E-state index is 11.2. The summed E-state index contributed by atoms with van der Waals surface area (Å²) in [5.74, 6) is 0.408. The molecule has 1 aromatic rings. The largest absolute Gasteiger partial charge is 0.497 e. The number of rotatable bonds is 6. The van der Waals surface area contributed by atoms with Crippen LogP contribution in [0.25, 0.3) is 0 Å². The van der Waals surface area contributed by atoms with Crippen LogP contribution in [0.5, 0.6) is 11.5 Å². The molecule has 0 unspecified atom stereocenters. The summed E-state index contributed by atoms with van der Waals surface area (Å²) in [4.78, 5) is 22.2. The minimum absolute atomic E-state index is 0.0416. The van der Waals surface area contributed by atoms with Crippen LogP contribution in [-0.4, -0.2) is 44.2 Å². The molecule has 130 valence electrons. The molecule has 0 amide bonds. The number of benzene rings is 1. The van der Waals surface area contributed by atoms with Crippen LogP contribution < -0.4 is 9.47 Å². The summed E-state index contributed by atoms with van der Waals surface area (Å²) in [7, 11) is 1.58. The molecule has 0 bridgehead atoms. The molecule has 0 aromatic heterocycles. The predicted molar refractivity (Wildman–Crippen MR) is 83.6 cm³/mol. The summed E-state index contributed by atoms with van der Waals surface area (Å²) in [5, 5.41) is 0. The van der Waals surface area contributed by atoms with E-state index in [2.05, 4.69) is 0 Å². The van der Waals surface area contributed by atoms with Gasteiger partial charge in [0.25, 0.3) is 0 Å². The molecule has 0 aliphatic carbocycles. The molecule has 7 nitrogen and oxygen atoms in total. The van der Waals surface area contributed by atoms with Gasteiger partial charge in [-0.2, -0.15) is 0 Å². The van der Waals surface area contributed by atoms with E-state index in [1.165, 1.54) is 13.8 Å². The first-order valence-corrected chi connectivity index (χ1v) is 7.43. The van der Waals surface area contributed by atoms with Gasteiger partial charge in [-0.1, -0.05) is 0 Å². The SMILES string of the molecule is COc1ccc(O[C@@H]2C=C[C@H](OC(C)=O)[C@@H](COC(C)=O)O2)cc1. The molecule has 24 heavy (non-hydrogen) atoms. The quantitative estimate of drug-likeness (QED) is 0.579. The van der Waals surface area contributed by atoms with Gasteiger partial charge in [0, 0.05) is 13.8 Å². The number of hydrogen-bond donors (Lipinski definition) is 0. The Bertz CT molecular complexity index is 593. The molecule has 0 saturated heterocycles. The third kappa shape index (κ3) is 5.27. The molecule has 3 atom stereocenters. The van der Waals surface area contributed by atoms with E-state index in [0.717, 1.165) is 0 Å². The van der Waals surface area contributed by atoms with Crippen molar-refractivity contribution in [2.75, 3.05) is 13.7 Å². The molecular weight excluding hydrogens is 316 g/mol. The van der Waals surface area contributed by atoms with Crippen LogP contribution in [0.4, 0.5) is 0 Å². The molecule has 7 heteroatoms. The fraction of sp³-hybridized carbons (Fsp3) is 0.412. The van der Waals surface area contributed by atoms with Gasteiger partial charge in [-0.25, -0.2) is 0 Å². The second kappa shape index (κ2) is 8.35. The Morgan fingerprint density at radius 1 is 1.04 bits per heavy atom. The van der Waals surface area contributed by atoms with Crippen LogP contribution in [0, 0.1) is 0 Å². The predicted octanol–water partition coefficient (Wildman–Crippen LogP) is 1.85. The highest BCUT2D eigenvalue weighted by Gasteiger charge is 2.31. The Hall–Kier alpha value is -2.54. The minimum atomic E-state index is -0.689. The molecule has 1 aliphatic rings. The lowest BCUT2D eigenvalue weighted by atomic mass is 10.1. The number of ether oxygens (including phenoxy) is 5. The fourth-order valence-corrected chi connectivity index (χ4v) is 2.12. The van der Waals surface area contributed by atoms with Crippen molar-refractivity contribution in [2.45, 2.75) is 32.3 Å². The smallest absolute Gasteiger partial charge is 0.303 e. The van der Waals surface area contributed by atoms with E-state index in [1.54, 1.807) is 43.5 Å². The Morgan fingerprint density at radius 2 is 1.71 bits per heavy atom. The number of hydrogen-bond acceptors (Lipinski definition) is 7. The van der Waals surface area contributed by atoms with Crippen molar-refractivity contribution >= 4 is 11.9 Å². The molecular formula is C17H20O7. The molecule has 0 N–H and O–H groups in total. The van der Waals surface area contributed by atoms with Gasteiger partial charge in [-0.15, -0.1) is 0 Å². The molecule has 0 radical (unpaired) electrons. The second-order valence-electron chi connectivity index (χ2n) is 5.10. The zero-order chi connectivity index (χ0) is 17.5. The summed E-state index contributed by atoms with van der Waals surface area (Å²) >= 11 is 0. The highest BCUT2D eigenvalue weighted by Crippen LogP contribution is 2.22. The van der Waals surface area contributed by atoms with Crippen LogP contribution >= 0.6 is 0 Å². The van der Waals surface area contributed by atoms with E-state index in [1.807, 2.05) is 0 Å². The van der Waals surface area contributed by atoms with E-state index in [4.69, 9.17) is 23.7 Å². The lowest BCUT2D eigenvalue weighted by Gasteiger charge is -2.31. The molecule has 0 fully saturated rings. The first-order chi connectivity index (χ1) is 11.5. The van der Waals surface area contributed by atoms with Gasteiger partial charge in [-0.05, 0) is 36.4 Å². The zero-order valence-electron chi connectivity index (χ0n) is 13.8. The third-order valence-electron chi connectivity index (χ3n) is 3.20. The minimum Gasteiger partial charge on any atom is -0.497 e. The standard InChI is InChI=1S/C17H20O7/c1-11(18)21-10-16-15(22-12(2)19)8-9-17(24-16)23-14-6-4-13(20-3)5-7-14/h4-9,15-17H,10H2,1-3H3/t15-,16+,17-/m0/s1. The molecule has 0 saturated carbocycles.